The molecule has 5 heteroatoms. The van der Waals surface area contributed by atoms with Gasteiger partial charge in [-0.25, -0.2) is 4.68 Å². The highest BCUT2D eigenvalue weighted by Crippen LogP contribution is 2.17. The molecule has 0 fully saturated rings. The number of amides is 1. The van der Waals surface area contributed by atoms with Gasteiger partial charge in [0.15, 0.2) is 0 Å². The highest BCUT2D eigenvalue weighted by Gasteiger charge is 2.09. The lowest BCUT2D eigenvalue weighted by atomic mass is 10.1. The minimum Gasteiger partial charge on any atom is -0.346 e. The van der Waals surface area contributed by atoms with E-state index in [1.165, 1.54) is 6.08 Å². The standard InChI is InChI=1S/C21H22N4O/c1-15-14-16(2)25(24-15)20-7-5-19(6-8-20)17(3)23-21(26)9-4-18-10-12-22-13-11-18/h4-14,17H,1-3H3,(H,23,26)/b9-4-/t17-/m1/s1. The van der Waals surface area contributed by atoms with E-state index in [-0.39, 0.29) is 11.9 Å². The van der Waals surface area contributed by atoms with Crippen LogP contribution in [0.25, 0.3) is 11.8 Å². The van der Waals surface area contributed by atoms with Gasteiger partial charge < -0.3 is 5.32 Å². The Kier molecular flexibility index (Phi) is 5.27. The second-order valence-corrected chi connectivity index (χ2v) is 6.27. The van der Waals surface area contributed by atoms with Gasteiger partial charge in [0.25, 0.3) is 0 Å². The molecule has 0 bridgehead atoms. The van der Waals surface area contributed by atoms with Crippen molar-refractivity contribution in [3.8, 4) is 5.69 Å². The molecule has 1 atom stereocenters. The molecule has 26 heavy (non-hydrogen) atoms. The number of carbonyl (C=O) groups is 1. The van der Waals surface area contributed by atoms with E-state index in [1.54, 1.807) is 18.5 Å². The minimum absolute atomic E-state index is 0.0842. The van der Waals surface area contributed by atoms with Crippen LogP contribution >= 0.6 is 0 Å². The van der Waals surface area contributed by atoms with Crippen LogP contribution in [0.4, 0.5) is 0 Å². The van der Waals surface area contributed by atoms with Crippen LogP contribution in [0.3, 0.4) is 0 Å². The van der Waals surface area contributed by atoms with E-state index < -0.39 is 0 Å². The first-order chi connectivity index (χ1) is 12.5. The highest BCUT2D eigenvalue weighted by atomic mass is 16.1. The lowest BCUT2D eigenvalue weighted by Gasteiger charge is -2.14. The van der Waals surface area contributed by atoms with E-state index in [0.717, 1.165) is 28.2 Å². The second-order valence-electron chi connectivity index (χ2n) is 6.27. The van der Waals surface area contributed by atoms with Gasteiger partial charge in [-0.1, -0.05) is 12.1 Å². The van der Waals surface area contributed by atoms with Crippen LogP contribution in [0.2, 0.25) is 0 Å². The molecular weight excluding hydrogens is 324 g/mol. The summed E-state index contributed by atoms with van der Waals surface area (Å²) in [4.78, 5) is 16.1. The van der Waals surface area contributed by atoms with Gasteiger partial charge in [0.05, 0.1) is 17.4 Å². The highest BCUT2D eigenvalue weighted by molar-refractivity contribution is 5.91. The summed E-state index contributed by atoms with van der Waals surface area (Å²) < 4.78 is 1.92. The Hall–Kier alpha value is -3.21. The molecule has 0 aliphatic carbocycles. The summed E-state index contributed by atoms with van der Waals surface area (Å²) in [6.45, 7) is 5.98. The molecule has 2 heterocycles. The summed E-state index contributed by atoms with van der Waals surface area (Å²) in [5, 5.41) is 7.47. The number of carbonyl (C=O) groups excluding carboxylic acids is 1. The van der Waals surface area contributed by atoms with Gasteiger partial charge in [-0.2, -0.15) is 5.10 Å². The van der Waals surface area contributed by atoms with Crippen molar-refractivity contribution in [2.75, 3.05) is 0 Å². The Bertz CT molecular complexity index is 911. The van der Waals surface area contributed by atoms with Crippen LogP contribution in [0.5, 0.6) is 0 Å². The van der Waals surface area contributed by atoms with Gasteiger partial charge in [0.2, 0.25) is 5.91 Å². The fraction of sp³-hybridized carbons (Fsp3) is 0.190. The topological polar surface area (TPSA) is 59.8 Å². The summed E-state index contributed by atoms with van der Waals surface area (Å²) >= 11 is 0. The minimum atomic E-state index is -0.128. The lowest BCUT2D eigenvalue weighted by Crippen LogP contribution is -2.24. The molecule has 0 aliphatic rings. The molecule has 1 aromatic carbocycles. The Morgan fingerprint density at radius 1 is 1.12 bits per heavy atom. The number of hydrogen-bond acceptors (Lipinski definition) is 3. The number of hydrogen-bond donors (Lipinski definition) is 1. The van der Waals surface area contributed by atoms with Crippen molar-refractivity contribution < 1.29 is 4.79 Å². The molecule has 0 unspecified atom stereocenters. The van der Waals surface area contributed by atoms with Crippen molar-refractivity contribution in [3.05, 3.63) is 83.4 Å². The monoisotopic (exact) mass is 346 g/mol. The number of nitrogens with zero attached hydrogens (tertiary/aromatic N) is 3. The summed E-state index contributed by atoms with van der Waals surface area (Å²) in [6.07, 6.45) is 6.71. The van der Waals surface area contributed by atoms with Crippen LogP contribution in [0.15, 0.2) is 60.9 Å². The third kappa shape index (κ3) is 4.25. The van der Waals surface area contributed by atoms with Crippen molar-refractivity contribution in [1.82, 2.24) is 20.1 Å². The fourth-order valence-corrected chi connectivity index (χ4v) is 2.79. The van der Waals surface area contributed by atoms with Gasteiger partial charge >= 0.3 is 0 Å². The average molecular weight is 346 g/mol. The van der Waals surface area contributed by atoms with Crippen molar-refractivity contribution in [1.29, 1.82) is 0 Å². The zero-order valence-electron chi connectivity index (χ0n) is 15.2. The van der Waals surface area contributed by atoms with Crippen LogP contribution in [-0.2, 0) is 4.79 Å². The number of rotatable bonds is 5. The first-order valence-electron chi connectivity index (χ1n) is 8.55. The van der Waals surface area contributed by atoms with E-state index in [1.807, 2.05) is 67.9 Å². The zero-order valence-corrected chi connectivity index (χ0v) is 15.2. The summed E-state index contributed by atoms with van der Waals surface area (Å²) in [5.74, 6) is -0.128. The zero-order chi connectivity index (χ0) is 18.5. The Labute approximate surface area is 153 Å². The van der Waals surface area contributed by atoms with Crippen LogP contribution in [0, 0.1) is 13.8 Å². The van der Waals surface area contributed by atoms with Crippen LogP contribution in [0.1, 0.15) is 35.5 Å². The number of aromatic nitrogens is 3. The molecular formula is C21H22N4O. The number of nitrogens with one attached hydrogen (secondary N) is 1. The molecule has 0 spiro atoms. The van der Waals surface area contributed by atoms with Crippen molar-refractivity contribution in [2.24, 2.45) is 0 Å². The maximum absolute atomic E-state index is 12.1. The predicted octanol–water partition coefficient (Wildman–Crippen LogP) is 3.77. The molecule has 1 N–H and O–H groups in total. The van der Waals surface area contributed by atoms with Gasteiger partial charge in [0.1, 0.15) is 0 Å². The molecule has 5 nitrogen and oxygen atoms in total. The molecule has 0 radical (unpaired) electrons. The summed E-state index contributed by atoms with van der Waals surface area (Å²) in [6, 6.07) is 13.7. The molecule has 0 saturated carbocycles. The van der Waals surface area contributed by atoms with Gasteiger partial charge in [-0.15, -0.1) is 0 Å². The predicted molar refractivity (Wildman–Crippen MR) is 103 cm³/mol. The first kappa shape index (κ1) is 17.6. The molecule has 0 saturated heterocycles. The number of pyridine rings is 1. The smallest absolute Gasteiger partial charge is 0.244 e. The summed E-state index contributed by atoms with van der Waals surface area (Å²) in [5.41, 5.74) is 5.08. The van der Waals surface area contributed by atoms with E-state index in [4.69, 9.17) is 0 Å². The van der Waals surface area contributed by atoms with Crippen molar-refractivity contribution in [2.45, 2.75) is 26.8 Å². The fourth-order valence-electron chi connectivity index (χ4n) is 2.79. The molecule has 0 aliphatic heterocycles. The second kappa shape index (κ2) is 7.78. The Morgan fingerprint density at radius 2 is 1.81 bits per heavy atom. The lowest BCUT2D eigenvalue weighted by molar-refractivity contribution is -0.117. The quantitative estimate of drug-likeness (QED) is 0.715. The van der Waals surface area contributed by atoms with E-state index in [0.29, 0.717) is 0 Å². The van der Waals surface area contributed by atoms with Gasteiger partial charge in [-0.3, -0.25) is 9.78 Å². The molecule has 1 amide bonds. The maximum Gasteiger partial charge on any atom is 0.244 e. The largest absolute Gasteiger partial charge is 0.346 e. The Morgan fingerprint density at radius 3 is 2.42 bits per heavy atom. The van der Waals surface area contributed by atoms with Gasteiger partial charge in [-0.05, 0) is 68.3 Å². The van der Waals surface area contributed by atoms with Gasteiger partial charge in [0, 0.05) is 24.2 Å². The van der Waals surface area contributed by atoms with Crippen molar-refractivity contribution in [3.63, 3.8) is 0 Å². The SMILES string of the molecule is Cc1cc(C)n(-c2ccc([C@@H](C)NC(=O)/C=C\c3ccncc3)cc2)n1. The first-order valence-corrected chi connectivity index (χ1v) is 8.55. The average Bonchev–Trinajstić information content (AvgIpc) is 2.99. The Balaban J connectivity index is 1.64. The third-order valence-corrected chi connectivity index (χ3v) is 4.14. The third-order valence-electron chi connectivity index (χ3n) is 4.14. The van der Waals surface area contributed by atoms with Crippen molar-refractivity contribution >= 4 is 12.0 Å². The van der Waals surface area contributed by atoms with Crippen LogP contribution < -0.4 is 5.32 Å². The molecule has 132 valence electrons. The van der Waals surface area contributed by atoms with E-state index in [2.05, 4.69) is 15.4 Å². The number of benzene rings is 1. The van der Waals surface area contributed by atoms with E-state index >= 15 is 0 Å². The normalized spacial score (nSPS) is 12.3. The number of aryl methyl sites for hydroxylation is 2. The molecule has 3 aromatic rings. The molecule has 2 aromatic heterocycles. The molecule has 3 rings (SSSR count). The maximum atomic E-state index is 12.1. The summed E-state index contributed by atoms with van der Waals surface area (Å²) in [7, 11) is 0. The van der Waals surface area contributed by atoms with Crippen LogP contribution in [-0.4, -0.2) is 20.7 Å². The van der Waals surface area contributed by atoms with E-state index in [9.17, 15) is 4.79 Å².